The fourth-order valence-electron chi connectivity index (χ4n) is 2.09. The van der Waals surface area contributed by atoms with Crippen molar-refractivity contribution in [2.45, 2.75) is 19.4 Å². The SMILES string of the molecule is C=C(/C=C\C=C/CC)C1=NNCC1N1CCOC1=O. The minimum absolute atomic E-state index is 0.0812. The largest absolute Gasteiger partial charge is 0.448 e. The van der Waals surface area contributed by atoms with Gasteiger partial charge < -0.3 is 10.2 Å². The molecule has 1 fully saturated rings. The Balaban J connectivity index is 2.02. The van der Waals surface area contributed by atoms with Gasteiger partial charge in [0, 0.05) is 0 Å². The van der Waals surface area contributed by atoms with Crippen molar-refractivity contribution in [2.24, 2.45) is 5.10 Å². The number of hydrazone groups is 1. The molecule has 1 amide bonds. The van der Waals surface area contributed by atoms with Crippen LogP contribution in [0.5, 0.6) is 0 Å². The molecule has 0 aromatic rings. The molecule has 1 saturated heterocycles. The Morgan fingerprint density at radius 1 is 1.63 bits per heavy atom. The summed E-state index contributed by atoms with van der Waals surface area (Å²) in [4.78, 5) is 13.3. The average Bonchev–Trinajstić information content (AvgIpc) is 3.02. The highest BCUT2D eigenvalue weighted by molar-refractivity contribution is 6.07. The molecular formula is C14H19N3O2. The second kappa shape index (κ2) is 6.22. The van der Waals surface area contributed by atoms with E-state index in [1.807, 2.05) is 18.2 Å². The number of nitrogens with one attached hydrogen (secondary N) is 1. The summed E-state index contributed by atoms with van der Waals surface area (Å²) in [5.74, 6) is 0. The quantitative estimate of drug-likeness (QED) is 0.768. The molecule has 0 aliphatic carbocycles. The van der Waals surface area contributed by atoms with E-state index in [0.29, 0.717) is 19.7 Å². The van der Waals surface area contributed by atoms with Crippen LogP contribution in [-0.2, 0) is 4.74 Å². The fourth-order valence-corrected chi connectivity index (χ4v) is 2.09. The average molecular weight is 261 g/mol. The Kier molecular flexibility index (Phi) is 4.39. The van der Waals surface area contributed by atoms with E-state index in [-0.39, 0.29) is 12.1 Å². The van der Waals surface area contributed by atoms with E-state index < -0.39 is 0 Å². The predicted molar refractivity (Wildman–Crippen MR) is 75.0 cm³/mol. The zero-order valence-electron chi connectivity index (χ0n) is 11.1. The van der Waals surface area contributed by atoms with Gasteiger partial charge in [-0.3, -0.25) is 4.90 Å². The first-order valence-electron chi connectivity index (χ1n) is 6.50. The molecule has 2 aliphatic rings. The summed E-state index contributed by atoms with van der Waals surface area (Å²) in [7, 11) is 0. The predicted octanol–water partition coefficient (Wildman–Crippen LogP) is 1.84. The molecule has 0 aromatic carbocycles. The Bertz CT molecular complexity index is 452. The van der Waals surface area contributed by atoms with Crippen molar-refractivity contribution in [3.05, 3.63) is 36.5 Å². The monoisotopic (exact) mass is 261 g/mol. The molecule has 19 heavy (non-hydrogen) atoms. The number of carbonyl (C=O) groups excluding carboxylic acids is 1. The lowest BCUT2D eigenvalue weighted by Gasteiger charge is -2.21. The molecule has 2 heterocycles. The Morgan fingerprint density at radius 2 is 2.47 bits per heavy atom. The summed E-state index contributed by atoms with van der Waals surface area (Å²) in [5, 5.41) is 4.24. The molecule has 0 radical (unpaired) electrons. The molecule has 0 spiro atoms. The maximum Gasteiger partial charge on any atom is 0.410 e. The number of amides is 1. The van der Waals surface area contributed by atoms with Crippen LogP contribution in [0, 0.1) is 0 Å². The van der Waals surface area contributed by atoms with Crippen molar-refractivity contribution in [1.82, 2.24) is 10.3 Å². The lowest BCUT2D eigenvalue weighted by molar-refractivity contribution is 0.155. The van der Waals surface area contributed by atoms with Gasteiger partial charge >= 0.3 is 6.09 Å². The van der Waals surface area contributed by atoms with Crippen LogP contribution in [0.3, 0.4) is 0 Å². The van der Waals surface area contributed by atoms with Crippen LogP contribution in [0.2, 0.25) is 0 Å². The van der Waals surface area contributed by atoms with Crippen LogP contribution in [-0.4, -0.2) is 42.4 Å². The van der Waals surface area contributed by atoms with E-state index in [0.717, 1.165) is 17.7 Å². The number of cyclic esters (lactones) is 1. The number of hydrogen-bond donors (Lipinski definition) is 1. The van der Waals surface area contributed by atoms with Crippen LogP contribution in [0.4, 0.5) is 4.79 Å². The number of ether oxygens (including phenoxy) is 1. The van der Waals surface area contributed by atoms with Gasteiger partial charge in [0.05, 0.1) is 24.8 Å². The maximum absolute atomic E-state index is 11.6. The third kappa shape index (κ3) is 3.05. The second-order valence-electron chi connectivity index (χ2n) is 4.40. The Labute approximate surface area is 113 Å². The fraction of sp³-hybridized carbons (Fsp3) is 0.429. The summed E-state index contributed by atoms with van der Waals surface area (Å²) >= 11 is 0. The topological polar surface area (TPSA) is 53.9 Å². The van der Waals surface area contributed by atoms with Crippen LogP contribution in [0.15, 0.2) is 41.6 Å². The van der Waals surface area contributed by atoms with E-state index in [9.17, 15) is 4.79 Å². The van der Waals surface area contributed by atoms with E-state index in [1.165, 1.54) is 0 Å². The van der Waals surface area contributed by atoms with Crippen LogP contribution in [0.25, 0.3) is 0 Å². The van der Waals surface area contributed by atoms with Crippen molar-refractivity contribution in [2.75, 3.05) is 19.7 Å². The zero-order valence-corrected chi connectivity index (χ0v) is 11.1. The molecule has 102 valence electrons. The first-order chi connectivity index (χ1) is 9.24. The van der Waals surface area contributed by atoms with E-state index in [1.54, 1.807) is 4.90 Å². The highest BCUT2D eigenvalue weighted by Crippen LogP contribution is 2.17. The van der Waals surface area contributed by atoms with Crippen molar-refractivity contribution in [1.29, 1.82) is 0 Å². The molecule has 2 aliphatic heterocycles. The summed E-state index contributed by atoms with van der Waals surface area (Å²) in [5.41, 5.74) is 4.55. The Hall–Kier alpha value is -2.04. The molecule has 5 nitrogen and oxygen atoms in total. The molecule has 1 N–H and O–H groups in total. The van der Waals surface area contributed by atoms with Gasteiger partial charge in [0.15, 0.2) is 0 Å². The van der Waals surface area contributed by atoms with Crippen LogP contribution in [0.1, 0.15) is 13.3 Å². The molecular weight excluding hydrogens is 242 g/mol. The lowest BCUT2D eigenvalue weighted by atomic mass is 10.0. The van der Waals surface area contributed by atoms with Gasteiger partial charge in [0.2, 0.25) is 0 Å². The molecule has 1 atom stereocenters. The second-order valence-corrected chi connectivity index (χ2v) is 4.40. The third-order valence-corrected chi connectivity index (χ3v) is 3.08. The summed E-state index contributed by atoms with van der Waals surface area (Å²) < 4.78 is 4.96. The smallest absolute Gasteiger partial charge is 0.410 e. The number of rotatable bonds is 5. The molecule has 2 rings (SSSR count). The van der Waals surface area contributed by atoms with Gasteiger partial charge in [-0.1, -0.05) is 37.8 Å². The molecule has 1 unspecified atom stereocenters. The Morgan fingerprint density at radius 3 is 3.16 bits per heavy atom. The normalized spacial score (nSPS) is 23.0. The van der Waals surface area contributed by atoms with Crippen molar-refractivity contribution in [3.63, 3.8) is 0 Å². The van der Waals surface area contributed by atoms with Gasteiger partial charge in [-0.15, -0.1) is 0 Å². The zero-order chi connectivity index (χ0) is 13.7. The number of carbonyl (C=O) groups is 1. The first kappa shape index (κ1) is 13.4. The summed E-state index contributed by atoms with van der Waals surface area (Å²) in [6, 6.07) is -0.0812. The highest BCUT2D eigenvalue weighted by atomic mass is 16.6. The molecule has 0 saturated carbocycles. The highest BCUT2D eigenvalue weighted by Gasteiger charge is 2.35. The molecule has 0 bridgehead atoms. The van der Waals surface area contributed by atoms with Crippen molar-refractivity contribution in [3.8, 4) is 0 Å². The number of allylic oxidation sites excluding steroid dienone is 4. The molecule has 5 heteroatoms. The van der Waals surface area contributed by atoms with Gasteiger partial charge in [0.25, 0.3) is 0 Å². The third-order valence-electron chi connectivity index (χ3n) is 3.08. The van der Waals surface area contributed by atoms with Gasteiger partial charge in [-0.25, -0.2) is 4.79 Å². The van der Waals surface area contributed by atoms with E-state index in [4.69, 9.17) is 4.74 Å². The van der Waals surface area contributed by atoms with E-state index >= 15 is 0 Å². The number of nitrogens with zero attached hydrogens (tertiary/aromatic N) is 2. The minimum atomic E-state index is -0.274. The van der Waals surface area contributed by atoms with Gasteiger partial charge in [0.1, 0.15) is 6.61 Å². The standard InChI is InChI=1S/C14H19N3O2/c1-3-4-5-6-7-11(2)13-12(10-15-16-13)17-8-9-19-14(17)18/h4-7,12,15H,2-3,8-10H2,1H3/b5-4-,7-6-. The molecule has 0 aromatic heterocycles. The van der Waals surface area contributed by atoms with Gasteiger partial charge in [-0.05, 0) is 12.0 Å². The summed E-state index contributed by atoms with van der Waals surface area (Å²) in [6.45, 7) is 7.76. The van der Waals surface area contributed by atoms with E-state index in [2.05, 4.69) is 30.1 Å². The summed E-state index contributed by atoms with van der Waals surface area (Å²) in [6.07, 6.45) is 8.62. The van der Waals surface area contributed by atoms with Crippen molar-refractivity contribution < 1.29 is 9.53 Å². The van der Waals surface area contributed by atoms with Gasteiger partial charge in [-0.2, -0.15) is 5.10 Å². The maximum atomic E-state index is 11.6. The lowest BCUT2D eigenvalue weighted by Crippen LogP contribution is -2.43. The first-order valence-corrected chi connectivity index (χ1v) is 6.50. The van der Waals surface area contributed by atoms with Crippen LogP contribution >= 0.6 is 0 Å². The van der Waals surface area contributed by atoms with Crippen molar-refractivity contribution >= 4 is 11.8 Å². The van der Waals surface area contributed by atoms with Crippen LogP contribution < -0.4 is 5.43 Å². The minimum Gasteiger partial charge on any atom is -0.448 e. The number of hydrogen-bond acceptors (Lipinski definition) is 4.